The number of aliphatic hydroxyl groups is 1. The maximum Gasteiger partial charge on any atom is 0.264 e. The number of rotatable bonds is 8. The number of ether oxygens (including phenoxy) is 2. The van der Waals surface area contributed by atoms with Gasteiger partial charge in [-0.15, -0.1) is 0 Å². The lowest BCUT2D eigenvalue weighted by Gasteiger charge is -2.37. The lowest BCUT2D eigenvalue weighted by molar-refractivity contribution is -0.146. The third-order valence-electron chi connectivity index (χ3n) is 9.62. The summed E-state index contributed by atoms with van der Waals surface area (Å²) in [5.41, 5.74) is 2.44. The standard InChI is InChI=1S/C33H37BrN2O5Si/c1-21-31(42(3,4)26-11-9-25(40-2)10-12-26)29(15-17-37)41-33(21)27-19-23(34)8-13-28(27)36(32(33)39)20-22-6-5-7-24(18-22)35-16-14-30(35)38/h5-13,18-19,21,29,31,37H,14-17,20H2,1-4H3/t21-,29+,31-,33+/m0/s1. The van der Waals surface area contributed by atoms with Crippen molar-refractivity contribution in [2.75, 3.05) is 30.1 Å². The van der Waals surface area contributed by atoms with Crippen LogP contribution in [0.1, 0.15) is 30.9 Å². The Hall–Kier alpha value is -2.98. The second kappa shape index (κ2) is 10.9. The van der Waals surface area contributed by atoms with Crippen molar-refractivity contribution in [3.63, 3.8) is 0 Å². The van der Waals surface area contributed by atoms with Gasteiger partial charge in [0, 0.05) is 41.2 Å². The molecular formula is C33H37BrN2O5Si. The van der Waals surface area contributed by atoms with Gasteiger partial charge in [0.15, 0.2) is 5.60 Å². The van der Waals surface area contributed by atoms with Crippen LogP contribution in [0.25, 0.3) is 0 Å². The van der Waals surface area contributed by atoms with E-state index in [1.54, 1.807) is 12.0 Å². The van der Waals surface area contributed by atoms with E-state index in [4.69, 9.17) is 9.47 Å². The molecule has 1 N–H and O–H groups in total. The summed E-state index contributed by atoms with van der Waals surface area (Å²) in [5, 5.41) is 11.4. The number of β-lactam (4-membered cyclic amide) rings is 1. The van der Waals surface area contributed by atoms with E-state index in [0.29, 0.717) is 19.4 Å². The van der Waals surface area contributed by atoms with Crippen molar-refractivity contribution in [1.82, 2.24) is 0 Å². The number of halogens is 1. The van der Waals surface area contributed by atoms with Crippen LogP contribution in [-0.2, 0) is 26.5 Å². The minimum atomic E-state index is -2.24. The molecule has 6 rings (SSSR count). The summed E-state index contributed by atoms with van der Waals surface area (Å²) < 4.78 is 13.3. The first-order chi connectivity index (χ1) is 20.1. The molecule has 3 heterocycles. The minimum absolute atomic E-state index is 0.0116. The molecular weight excluding hydrogens is 612 g/mol. The number of amides is 2. The number of aliphatic hydroxyl groups excluding tert-OH is 1. The maximum atomic E-state index is 14.8. The smallest absolute Gasteiger partial charge is 0.264 e. The minimum Gasteiger partial charge on any atom is -0.497 e. The Labute approximate surface area is 256 Å². The molecule has 0 bridgehead atoms. The van der Waals surface area contributed by atoms with Crippen molar-refractivity contribution in [3.8, 4) is 5.75 Å². The molecule has 2 amide bonds. The summed E-state index contributed by atoms with van der Waals surface area (Å²) in [4.78, 5) is 30.5. The number of hydrogen-bond donors (Lipinski definition) is 1. The number of fused-ring (bicyclic) bond motifs is 2. The van der Waals surface area contributed by atoms with Crippen molar-refractivity contribution < 1.29 is 24.2 Å². The number of carbonyl (C=O) groups excluding carboxylic acids is 2. The lowest BCUT2D eigenvalue weighted by atomic mass is 9.82. The molecule has 2 fully saturated rings. The summed E-state index contributed by atoms with van der Waals surface area (Å²) in [6.07, 6.45) is 0.762. The summed E-state index contributed by atoms with van der Waals surface area (Å²) in [6, 6.07) is 22.2. The van der Waals surface area contributed by atoms with Gasteiger partial charge < -0.3 is 24.4 Å². The third-order valence-corrected chi connectivity index (χ3v) is 14.5. The van der Waals surface area contributed by atoms with Crippen LogP contribution >= 0.6 is 15.9 Å². The molecule has 4 atom stereocenters. The van der Waals surface area contributed by atoms with Gasteiger partial charge in [-0.25, -0.2) is 0 Å². The fourth-order valence-corrected chi connectivity index (χ4v) is 11.9. The van der Waals surface area contributed by atoms with E-state index in [1.807, 2.05) is 59.5 Å². The number of benzene rings is 3. The maximum absolute atomic E-state index is 14.8. The zero-order chi connectivity index (χ0) is 29.8. The SMILES string of the molecule is COc1ccc([Si](C)(C)[C@@H]2[C@@H](CCO)O[C@]3(C(=O)N(Cc4cccc(N5CCC5=O)c4)c4ccc(Br)cc43)[C@H]2C)cc1. The molecule has 0 aromatic heterocycles. The molecule has 3 aromatic carbocycles. The highest BCUT2D eigenvalue weighted by molar-refractivity contribution is 9.10. The van der Waals surface area contributed by atoms with Crippen molar-refractivity contribution in [1.29, 1.82) is 0 Å². The van der Waals surface area contributed by atoms with Crippen molar-refractivity contribution in [2.24, 2.45) is 5.92 Å². The Morgan fingerprint density at radius 3 is 2.50 bits per heavy atom. The number of anilines is 2. The van der Waals surface area contributed by atoms with Crippen LogP contribution in [0.2, 0.25) is 18.6 Å². The average molecular weight is 650 g/mol. The number of nitrogens with zero attached hydrogens (tertiary/aromatic N) is 2. The van der Waals surface area contributed by atoms with Gasteiger partial charge in [-0.1, -0.05) is 65.4 Å². The van der Waals surface area contributed by atoms with Crippen molar-refractivity contribution in [2.45, 2.75) is 56.7 Å². The normalized spacial score (nSPS) is 25.2. The molecule has 3 aromatic rings. The number of carbonyl (C=O) groups is 2. The first-order valence-electron chi connectivity index (χ1n) is 14.6. The fourth-order valence-electron chi connectivity index (χ4n) is 7.43. The van der Waals surface area contributed by atoms with Gasteiger partial charge in [-0.3, -0.25) is 9.59 Å². The molecule has 7 nitrogen and oxygen atoms in total. The fraction of sp³-hybridized carbons (Fsp3) is 0.394. The monoisotopic (exact) mass is 648 g/mol. The molecule has 220 valence electrons. The molecule has 3 aliphatic heterocycles. The van der Waals surface area contributed by atoms with E-state index >= 15 is 0 Å². The Morgan fingerprint density at radius 1 is 1.10 bits per heavy atom. The summed E-state index contributed by atoms with van der Waals surface area (Å²) in [6.45, 7) is 7.91. The van der Waals surface area contributed by atoms with Gasteiger partial charge in [-0.05, 0) is 60.0 Å². The molecule has 0 radical (unpaired) electrons. The Morgan fingerprint density at radius 2 is 1.86 bits per heavy atom. The summed E-state index contributed by atoms with van der Waals surface area (Å²) >= 11 is 3.65. The van der Waals surface area contributed by atoms with Gasteiger partial charge in [0.1, 0.15) is 5.75 Å². The molecule has 0 saturated carbocycles. The number of methoxy groups -OCH3 is 1. The van der Waals surface area contributed by atoms with Crippen LogP contribution in [0.4, 0.5) is 11.4 Å². The van der Waals surface area contributed by atoms with Gasteiger partial charge in [-0.2, -0.15) is 0 Å². The van der Waals surface area contributed by atoms with Crippen LogP contribution in [-0.4, -0.2) is 51.4 Å². The molecule has 0 unspecified atom stereocenters. The van der Waals surface area contributed by atoms with E-state index in [9.17, 15) is 14.7 Å². The Kier molecular flexibility index (Phi) is 7.58. The Bertz CT molecular complexity index is 1530. The van der Waals surface area contributed by atoms with E-state index < -0.39 is 13.7 Å². The number of hydrogen-bond acceptors (Lipinski definition) is 5. The van der Waals surface area contributed by atoms with E-state index in [0.717, 1.165) is 39.3 Å². The van der Waals surface area contributed by atoms with Gasteiger partial charge >= 0.3 is 0 Å². The second-order valence-electron chi connectivity index (χ2n) is 12.2. The third kappa shape index (κ3) is 4.52. The molecule has 1 spiro atoms. The van der Waals surface area contributed by atoms with E-state index in [1.165, 1.54) is 5.19 Å². The average Bonchev–Trinajstić information content (AvgIpc) is 3.39. The highest BCUT2D eigenvalue weighted by Crippen LogP contribution is 2.60. The predicted octanol–water partition coefficient (Wildman–Crippen LogP) is 5.34. The van der Waals surface area contributed by atoms with Crippen LogP contribution in [0, 0.1) is 5.92 Å². The van der Waals surface area contributed by atoms with Crippen LogP contribution in [0.3, 0.4) is 0 Å². The van der Waals surface area contributed by atoms with Gasteiger partial charge in [0.2, 0.25) is 5.91 Å². The largest absolute Gasteiger partial charge is 0.497 e. The quantitative estimate of drug-likeness (QED) is 0.264. The summed E-state index contributed by atoms with van der Waals surface area (Å²) in [7, 11) is -0.570. The predicted molar refractivity (Wildman–Crippen MR) is 170 cm³/mol. The molecule has 9 heteroatoms. The lowest BCUT2D eigenvalue weighted by Crippen LogP contribution is -2.51. The van der Waals surface area contributed by atoms with E-state index in [2.05, 4.69) is 48.1 Å². The van der Waals surface area contributed by atoms with Crippen LogP contribution in [0.5, 0.6) is 5.75 Å². The van der Waals surface area contributed by atoms with Gasteiger partial charge in [0.05, 0.1) is 33.5 Å². The molecule has 2 saturated heterocycles. The van der Waals surface area contributed by atoms with Gasteiger partial charge in [0.25, 0.3) is 5.91 Å². The van der Waals surface area contributed by atoms with Crippen LogP contribution in [0.15, 0.2) is 71.2 Å². The van der Waals surface area contributed by atoms with Crippen LogP contribution < -0.4 is 19.7 Å². The van der Waals surface area contributed by atoms with Crippen molar-refractivity contribution in [3.05, 3.63) is 82.3 Å². The topological polar surface area (TPSA) is 79.3 Å². The molecule has 0 aliphatic carbocycles. The van der Waals surface area contributed by atoms with Crippen molar-refractivity contribution >= 4 is 52.4 Å². The zero-order valence-corrected chi connectivity index (χ0v) is 27.1. The highest BCUT2D eigenvalue weighted by Gasteiger charge is 2.66. The zero-order valence-electron chi connectivity index (χ0n) is 24.5. The van der Waals surface area contributed by atoms with E-state index in [-0.39, 0.29) is 36.0 Å². The highest BCUT2D eigenvalue weighted by atomic mass is 79.9. The second-order valence-corrected chi connectivity index (χ2v) is 17.8. The summed E-state index contributed by atoms with van der Waals surface area (Å²) in [5.74, 6) is 0.730. The Balaban J connectivity index is 1.40. The molecule has 3 aliphatic rings. The first kappa shape index (κ1) is 29.1. The molecule has 42 heavy (non-hydrogen) atoms. The first-order valence-corrected chi connectivity index (χ1v) is 18.4.